The van der Waals surface area contributed by atoms with Crippen molar-refractivity contribution in [3.05, 3.63) is 30.0 Å². The van der Waals surface area contributed by atoms with Crippen LogP contribution in [-0.4, -0.2) is 28.9 Å². The Morgan fingerprint density at radius 1 is 1.41 bits per heavy atom. The summed E-state index contributed by atoms with van der Waals surface area (Å²) in [5.41, 5.74) is 7.42. The Bertz CT molecular complexity index is 522. The number of aromatic nitrogens is 1. The molecule has 1 saturated heterocycles. The standard InChI is InChI=1S/C13H17N3S/c1-16-8-10(14)5-6-12(16)11-4-2-3-9-7-15-17-13(9)11/h2-4,7,10,12H,5-6,8,14H2,1H3. The first-order valence-corrected chi connectivity index (χ1v) is 6.82. The molecular weight excluding hydrogens is 230 g/mol. The molecule has 2 aromatic rings. The summed E-state index contributed by atoms with van der Waals surface area (Å²) in [6.45, 7) is 0.986. The normalized spacial score (nSPS) is 26.5. The molecule has 2 atom stereocenters. The molecule has 1 aliphatic heterocycles. The van der Waals surface area contributed by atoms with E-state index in [-0.39, 0.29) is 0 Å². The average Bonchev–Trinajstić information content (AvgIpc) is 2.77. The van der Waals surface area contributed by atoms with Crippen LogP contribution in [0.4, 0.5) is 0 Å². The van der Waals surface area contributed by atoms with E-state index in [4.69, 9.17) is 5.73 Å². The molecule has 4 heteroatoms. The van der Waals surface area contributed by atoms with Crippen molar-refractivity contribution in [1.82, 2.24) is 9.27 Å². The Hall–Kier alpha value is -0.970. The minimum Gasteiger partial charge on any atom is -0.327 e. The number of hydrogen-bond donors (Lipinski definition) is 1. The molecule has 0 bridgehead atoms. The monoisotopic (exact) mass is 247 g/mol. The molecule has 1 aromatic carbocycles. The lowest BCUT2D eigenvalue weighted by molar-refractivity contribution is 0.171. The first kappa shape index (κ1) is 11.1. The second-order valence-electron chi connectivity index (χ2n) is 4.88. The number of likely N-dealkylation sites (tertiary alicyclic amines) is 1. The van der Waals surface area contributed by atoms with Gasteiger partial charge in [-0.2, -0.15) is 4.37 Å². The molecular formula is C13H17N3S. The second-order valence-corrected chi connectivity index (χ2v) is 5.69. The number of nitrogens with two attached hydrogens (primary N) is 1. The van der Waals surface area contributed by atoms with Gasteiger partial charge < -0.3 is 5.73 Å². The fourth-order valence-corrected chi connectivity index (χ4v) is 3.56. The third kappa shape index (κ3) is 1.97. The van der Waals surface area contributed by atoms with Crippen LogP contribution in [-0.2, 0) is 0 Å². The maximum Gasteiger partial charge on any atom is 0.0597 e. The van der Waals surface area contributed by atoms with E-state index in [9.17, 15) is 0 Å². The van der Waals surface area contributed by atoms with E-state index in [1.807, 2.05) is 6.20 Å². The molecule has 3 rings (SSSR count). The van der Waals surface area contributed by atoms with Crippen LogP contribution >= 0.6 is 11.5 Å². The van der Waals surface area contributed by atoms with Crippen molar-refractivity contribution in [3.8, 4) is 0 Å². The van der Waals surface area contributed by atoms with Gasteiger partial charge >= 0.3 is 0 Å². The Balaban J connectivity index is 2.00. The van der Waals surface area contributed by atoms with Gasteiger partial charge in [0.25, 0.3) is 0 Å². The van der Waals surface area contributed by atoms with Crippen molar-refractivity contribution in [3.63, 3.8) is 0 Å². The molecule has 2 N–H and O–H groups in total. The highest BCUT2D eigenvalue weighted by molar-refractivity contribution is 7.13. The summed E-state index contributed by atoms with van der Waals surface area (Å²) < 4.78 is 5.63. The zero-order valence-electron chi connectivity index (χ0n) is 9.97. The predicted octanol–water partition coefficient (Wildman–Crippen LogP) is 2.39. The molecule has 0 saturated carbocycles. The molecule has 2 heterocycles. The lowest BCUT2D eigenvalue weighted by Gasteiger charge is -2.36. The highest BCUT2D eigenvalue weighted by atomic mass is 32.1. The van der Waals surface area contributed by atoms with E-state index >= 15 is 0 Å². The summed E-state index contributed by atoms with van der Waals surface area (Å²) >= 11 is 1.60. The molecule has 0 spiro atoms. The minimum absolute atomic E-state index is 0.330. The van der Waals surface area contributed by atoms with Crippen LogP contribution in [0.1, 0.15) is 24.4 Å². The van der Waals surface area contributed by atoms with Crippen molar-refractivity contribution in [1.29, 1.82) is 0 Å². The fraction of sp³-hybridized carbons (Fsp3) is 0.462. The average molecular weight is 247 g/mol. The van der Waals surface area contributed by atoms with Gasteiger partial charge in [-0.3, -0.25) is 4.90 Å². The van der Waals surface area contributed by atoms with Crippen molar-refractivity contribution in [2.45, 2.75) is 24.9 Å². The van der Waals surface area contributed by atoms with Gasteiger partial charge in [-0.15, -0.1) is 0 Å². The van der Waals surface area contributed by atoms with Gasteiger partial charge in [-0.25, -0.2) is 0 Å². The summed E-state index contributed by atoms with van der Waals surface area (Å²) in [6.07, 6.45) is 4.22. The zero-order valence-corrected chi connectivity index (χ0v) is 10.8. The van der Waals surface area contributed by atoms with Gasteiger partial charge in [-0.05, 0) is 37.0 Å². The number of hydrogen-bond acceptors (Lipinski definition) is 4. The molecule has 0 amide bonds. The van der Waals surface area contributed by atoms with Gasteiger partial charge in [0.05, 0.1) is 4.70 Å². The van der Waals surface area contributed by atoms with Crippen LogP contribution < -0.4 is 5.73 Å². The largest absolute Gasteiger partial charge is 0.327 e. The lowest BCUT2D eigenvalue weighted by Crippen LogP contribution is -2.42. The van der Waals surface area contributed by atoms with E-state index in [1.165, 1.54) is 15.6 Å². The van der Waals surface area contributed by atoms with Crippen LogP contribution in [0.25, 0.3) is 10.1 Å². The maximum atomic E-state index is 6.01. The fourth-order valence-electron chi connectivity index (χ4n) is 2.75. The van der Waals surface area contributed by atoms with Gasteiger partial charge in [0, 0.05) is 30.2 Å². The van der Waals surface area contributed by atoms with Crippen LogP contribution in [0.2, 0.25) is 0 Å². The molecule has 1 aliphatic rings. The summed E-state index contributed by atoms with van der Waals surface area (Å²) in [5, 5.41) is 1.26. The van der Waals surface area contributed by atoms with Crippen LogP contribution in [0.3, 0.4) is 0 Å². The number of nitrogens with zero attached hydrogens (tertiary/aromatic N) is 2. The molecule has 1 fully saturated rings. The molecule has 90 valence electrons. The van der Waals surface area contributed by atoms with Gasteiger partial charge in [0.15, 0.2) is 0 Å². The quantitative estimate of drug-likeness (QED) is 0.841. The van der Waals surface area contributed by atoms with Gasteiger partial charge in [0.2, 0.25) is 0 Å². The first-order chi connectivity index (χ1) is 8.25. The Morgan fingerprint density at radius 3 is 3.12 bits per heavy atom. The van der Waals surface area contributed by atoms with Gasteiger partial charge in [0.1, 0.15) is 0 Å². The highest BCUT2D eigenvalue weighted by Crippen LogP contribution is 2.35. The third-order valence-corrected chi connectivity index (χ3v) is 4.50. The topological polar surface area (TPSA) is 42.1 Å². The molecule has 3 nitrogen and oxygen atoms in total. The Labute approximate surface area is 105 Å². The van der Waals surface area contributed by atoms with E-state index in [2.05, 4.69) is 34.5 Å². The van der Waals surface area contributed by atoms with Crippen molar-refractivity contribution >= 4 is 21.6 Å². The Morgan fingerprint density at radius 2 is 2.29 bits per heavy atom. The van der Waals surface area contributed by atoms with Crippen molar-refractivity contribution in [2.75, 3.05) is 13.6 Å². The van der Waals surface area contributed by atoms with E-state index in [1.54, 1.807) is 11.5 Å². The molecule has 1 aromatic heterocycles. The number of rotatable bonds is 1. The molecule has 0 aliphatic carbocycles. The molecule has 0 radical (unpaired) electrons. The lowest BCUT2D eigenvalue weighted by atomic mass is 9.93. The van der Waals surface area contributed by atoms with E-state index in [0.29, 0.717) is 12.1 Å². The summed E-state index contributed by atoms with van der Waals surface area (Å²) in [7, 11) is 2.17. The molecule has 17 heavy (non-hydrogen) atoms. The number of likely N-dealkylation sites (N-methyl/N-ethyl adjacent to an activating group) is 1. The third-order valence-electron chi connectivity index (χ3n) is 3.64. The van der Waals surface area contributed by atoms with Crippen LogP contribution in [0.5, 0.6) is 0 Å². The SMILES string of the molecule is CN1CC(N)CCC1c1cccc2cnsc12. The maximum absolute atomic E-state index is 6.01. The summed E-state index contributed by atoms with van der Waals surface area (Å²) in [5.74, 6) is 0. The van der Waals surface area contributed by atoms with Crippen LogP contribution in [0, 0.1) is 0 Å². The number of piperidine rings is 1. The summed E-state index contributed by atoms with van der Waals surface area (Å²) in [4.78, 5) is 2.38. The zero-order chi connectivity index (χ0) is 11.8. The highest BCUT2D eigenvalue weighted by Gasteiger charge is 2.26. The number of benzene rings is 1. The minimum atomic E-state index is 0.330. The summed E-state index contributed by atoms with van der Waals surface area (Å²) in [6, 6.07) is 7.33. The predicted molar refractivity (Wildman–Crippen MR) is 72.2 cm³/mol. The smallest absolute Gasteiger partial charge is 0.0597 e. The van der Waals surface area contributed by atoms with Crippen molar-refractivity contribution < 1.29 is 0 Å². The Kier molecular flexibility index (Phi) is 2.86. The van der Waals surface area contributed by atoms with Crippen LogP contribution in [0.15, 0.2) is 24.4 Å². The van der Waals surface area contributed by atoms with Gasteiger partial charge in [-0.1, -0.05) is 18.2 Å². The van der Waals surface area contributed by atoms with E-state index in [0.717, 1.165) is 19.4 Å². The van der Waals surface area contributed by atoms with E-state index < -0.39 is 0 Å². The first-order valence-electron chi connectivity index (χ1n) is 6.05. The van der Waals surface area contributed by atoms with Crippen molar-refractivity contribution in [2.24, 2.45) is 5.73 Å². The number of fused-ring (bicyclic) bond motifs is 1. The molecule has 2 unspecified atom stereocenters. The second kappa shape index (κ2) is 4.37.